The first kappa shape index (κ1) is 20.3. The molecule has 0 amide bonds. The standard InChI is InChI=1S/C20H29N3O2S/c1-5-21-20(23-14(2)12-18-11-6-15(3)26-18)22-13-19(24)16-7-9-17(25-4)10-8-16/h6-11,14,19,24H,5,12-13H2,1-4H3,(H2,21,22,23). The van der Waals surface area contributed by atoms with Crippen molar-refractivity contribution >= 4 is 17.3 Å². The van der Waals surface area contributed by atoms with Crippen LogP contribution in [0.15, 0.2) is 41.4 Å². The fourth-order valence-electron chi connectivity index (χ4n) is 2.61. The minimum Gasteiger partial charge on any atom is -0.497 e. The minimum absolute atomic E-state index is 0.254. The number of aryl methyl sites for hydroxylation is 1. The Hall–Kier alpha value is -2.05. The third-order valence-corrected chi connectivity index (χ3v) is 4.98. The van der Waals surface area contributed by atoms with E-state index in [0.29, 0.717) is 6.54 Å². The Morgan fingerprint density at radius 3 is 2.54 bits per heavy atom. The van der Waals surface area contributed by atoms with Crippen LogP contribution in [0.1, 0.15) is 35.3 Å². The summed E-state index contributed by atoms with van der Waals surface area (Å²) >= 11 is 1.82. The van der Waals surface area contributed by atoms with Gasteiger partial charge in [0.05, 0.1) is 19.8 Å². The van der Waals surface area contributed by atoms with Crippen LogP contribution in [0.3, 0.4) is 0 Å². The number of hydrogen-bond acceptors (Lipinski definition) is 4. The molecule has 0 radical (unpaired) electrons. The van der Waals surface area contributed by atoms with Crippen LogP contribution in [0.25, 0.3) is 0 Å². The summed E-state index contributed by atoms with van der Waals surface area (Å²) in [6, 6.07) is 12.0. The average molecular weight is 376 g/mol. The molecule has 0 aliphatic carbocycles. The van der Waals surface area contributed by atoms with Gasteiger partial charge in [-0.15, -0.1) is 11.3 Å². The van der Waals surface area contributed by atoms with Crippen LogP contribution in [0, 0.1) is 6.92 Å². The first-order chi connectivity index (χ1) is 12.5. The maximum Gasteiger partial charge on any atom is 0.191 e. The van der Waals surface area contributed by atoms with Crippen molar-refractivity contribution in [2.45, 2.75) is 39.3 Å². The third kappa shape index (κ3) is 6.35. The van der Waals surface area contributed by atoms with Crippen molar-refractivity contribution < 1.29 is 9.84 Å². The second-order valence-electron chi connectivity index (χ2n) is 6.27. The number of ether oxygens (including phenoxy) is 1. The third-order valence-electron chi connectivity index (χ3n) is 3.95. The molecule has 3 N–H and O–H groups in total. The number of rotatable bonds is 8. The summed E-state index contributed by atoms with van der Waals surface area (Å²) in [6.45, 7) is 7.37. The monoisotopic (exact) mass is 375 g/mol. The summed E-state index contributed by atoms with van der Waals surface area (Å²) in [5.74, 6) is 1.50. The van der Waals surface area contributed by atoms with Gasteiger partial charge in [0.2, 0.25) is 0 Å². The lowest BCUT2D eigenvalue weighted by molar-refractivity contribution is 0.187. The number of aliphatic hydroxyl groups excluding tert-OH is 1. The number of aliphatic imine (C=N–C) groups is 1. The molecule has 142 valence electrons. The van der Waals surface area contributed by atoms with Crippen molar-refractivity contribution in [3.05, 3.63) is 51.7 Å². The quantitative estimate of drug-likeness (QED) is 0.489. The highest BCUT2D eigenvalue weighted by atomic mass is 32.1. The summed E-state index contributed by atoms with van der Waals surface area (Å²) < 4.78 is 5.14. The zero-order valence-electron chi connectivity index (χ0n) is 16.0. The number of benzene rings is 1. The Morgan fingerprint density at radius 2 is 1.96 bits per heavy atom. The minimum atomic E-state index is -0.647. The molecule has 0 saturated heterocycles. The number of hydrogen-bond donors (Lipinski definition) is 3. The number of nitrogens with one attached hydrogen (secondary N) is 2. The number of methoxy groups -OCH3 is 1. The van der Waals surface area contributed by atoms with Crippen molar-refractivity contribution in [3.63, 3.8) is 0 Å². The van der Waals surface area contributed by atoms with Gasteiger partial charge in [0.1, 0.15) is 5.75 Å². The molecular formula is C20H29N3O2S. The maximum atomic E-state index is 10.4. The Labute approximate surface area is 160 Å². The van der Waals surface area contributed by atoms with Crippen LogP contribution in [0.5, 0.6) is 5.75 Å². The summed E-state index contributed by atoms with van der Waals surface area (Å²) in [6.07, 6.45) is 0.302. The van der Waals surface area contributed by atoms with Gasteiger partial charge in [0.15, 0.2) is 5.96 Å². The van der Waals surface area contributed by atoms with Gasteiger partial charge in [-0.3, -0.25) is 4.99 Å². The lowest BCUT2D eigenvalue weighted by Gasteiger charge is -2.18. The fraction of sp³-hybridized carbons (Fsp3) is 0.450. The Balaban J connectivity index is 1.93. The fourth-order valence-corrected chi connectivity index (χ4v) is 3.63. The summed E-state index contributed by atoms with van der Waals surface area (Å²) in [7, 11) is 1.63. The van der Waals surface area contributed by atoms with Crippen LogP contribution in [-0.2, 0) is 6.42 Å². The molecule has 1 aromatic heterocycles. The Morgan fingerprint density at radius 1 is 1.23 bits per heavy atom. The van der Waals surface area contributed by atoms with Crippen molar-refractivity contribution in [3.8, 4) is 5.75 Å². The van der Waals surface area contributed by atoms with E-state index < -0.39 is 6.10 Å². The first-order valence-electron chi connectivity index (χ1n) is 8.94. The number of nitrogens with zero attached hydrogens (tertiary/aromatic N) is 1. The van der Waals surface area contributed by atoms with Crippen LogP contribution in [-0.4, -0.2) is 37.3 Å². The highest BCUT2D eigenvalue weighted by molar-refractivity contribution is 7.11. The number of aliphatic hydroxyl groups is 1. The molecule has 2 atom stereocenters. The van der Waals surface area contributed by atoms with Crippen LogP contribution >= 0.6 is 11.3 Å². The van der Waals surface area contributed by atoms with E-state index in [-0.39, 0.29) is 6.04 Å². The average Bonchev–Trinajstić information content (AvgIpc) is 3.04. The molecule has 26 heavy (non-hydrogen) atoms. The molecule has 0 bridgehead atoms. The molecule has 2 aromatic rings. The Bertz CT molecular complexity index is 697. The van der Waals surface area contributed by atoms with Gasteiger partial charge in [-0.25, -0.2) is 0 Å². The highest BCUT2D eigenvalue weighted by Crippen LogP contribution is 2.18. The second kappa shape index (κ2) is 10.2. The van der Waals surface area contributed by atoms with Crippen molar-refractivity contribution in [1.29, 1.82) is 0 Å². The Kier molecular flexibility index (Phi) is 7.94. The first-order valence-corrected chi connectivity index (χ1v) is 9.75. The number of guanidine groups is 1. The van der Waals surface area contributed by atoms with Crippen LogP contribution < -0.4 is 15.4 Å². The molecule has 2 rings (SSSR count). The smallest absolute Gasteiger partial charge is 0.191 e. The van der Waals surface area contributed by atoms with E-state index in [2.05, 4.69) is 41.6 Å². The predicted molar refractivity (Wildman–Crippen MR) is 109 cm³/mol. The number of thiophene rings is 1. The van der Waals surface area contributed by atoms with Crippen LogP contribution in [0.4, 0.5) is 0 Å². The van der Waals surface area contributed by atoms with Crippen molar-refractivity contribution in [1.82, 2.24) is 10.6 Å². The van der Waals surface area contributed by atoms with E-state index in [4.69, 9.17) is 4.74 Å². The molecule has 2 unspecified atom stereocenters. The molecule has 1 aromatic carbocycles. The van der Waals surface area contributed by atoms with Crippen LogP contribution in [0.2, 0.25) is 0 Å². The molecule has 0 fully saturated rings. The zero-order chi connectivity index (χ0) is 18.9. The lowest BCUT2D eigenvalue weighted by Crippen LogP contribution is -2.43. The van der Waals surface area contributed by atoms with E-state index in [9.17, 15) is 5.11 Å². The van der Waals surface area contributed by atoms with E-state index in [1.54, 1.807) is 7.11 Å². The predicted octanol–water partition coefficient (Wildman–Crippen LogP) is 3.28. The van der Waals surface area contributed by atoms with Gasteiger partial charge >= 0.3 is 0 Å². The summed E-state index contributed by atoms with van der Waals surface area (Å²) in [5.41, 5.74) is 0.826. The molecule has 0 spiro atoms. The molecule has 1 heterocycles. The van der Waals surface area contributed by atoms with Gasteiger partial charge in [0, 0.05) is 28.8 Å². The molecular weight excluding hydrogens is 346 g/mol. The second-order valence-corrected chi connectivity index (χ2v) is 7.64. The normalized spacial score (nSPS) is 14.0. The van der Waals surface area contributed by atoms with Gasteiger partial charge in [-0.1, -0.05) is 12.1 Å². The summed E-state index contributed by atoms with van der Waals surface area (Å²) in [4.78, 5) is 7.22. The van der Waals surface area contributed by atoms with Gasteiger partial charge in [-0.05, 0) is 50.6 Å². The molecule has 5 nitrogen and oxygen atoms in total. The van der Waals surface area contributed by atoms with E-state index in [1.807, 2.05) is 42.5 Å². The van der Waals surface area contributed by atoms with Gasteiger partial charge < -0.3 is 20.5 Å². The summed E-state index contributed by atoms with van der Waals surface area (Å²) in [5, 5.41) is 17.0. The van der Waals surface area contributed by atoms with Gasteiger partial charge in [-0.2, -0.15) is 0 Å². The van der Waals surface area contributed by atoms with E-state index in [0.717, 1.165) is 30.2 Å². The molecule has 0 aliphatic rings. The molecule has 6 heteroatoms. The molecule has 0 saturated carbocycles. The topological polar surface area (TPSA) is 65.9 Å². The molecule has 0 aliphatic heterocycles. The van der Waals surface area contributed by atoms with Crippen molar-refractivity contribution in [2.24, 2.45) is 4.99 Å². The largest absolute Gasteiger partial charge is 0.497 e. The van der Waals surface area contributed by atoms with Gasteiger partial charge in [0.25, 0.3) is 0 Å². The maximum absolute atomic E-state index is 10.4. The SMILES string of the molecule is CCNC(=NCC(O)c1ccc(OC)cc1)NC(C)Cc1ccc(C)s1. The zero-order valence-corrected chi connectivity index (χ0v) is 16.8. The van der Waals surface area contributed by atoms with E-state index >= 15 is 0 Å². The highest BCUT2D eigenvalue weighted by Gasteiger charge is 2.10. The van der Waals surface area contributed by atoms with Crippen molar-refractivity contribution in [2.75, 3.05) is 20.2 Å². The van der Waals surface area contributed by atoms with E-state index in [1.165, 1.54) is 9.75 Å². The lowest BCUT2D eigenvalue weighted by atomic mass is 10.1.